The second-order valence-electron chi connectivity index (χ2n) is 7.83. The normalized spacial score (nSPS) is 43.9. The minimum absolute atomic E-state index is 0.408. The Labute approximate surface area is 127 Å². The number of anilines is 1. The van der Waals surface area contributed by atoms with Crippen molar-refractivity contribution in [1.29, 1.82) is 0 Å². The summed E-state index contributed by atoms with van der Waals surface area (Å²) in [4.78, 5) is 2.86. The number of benzene rings is 1. The van der Waals surface area contributed by atoms with E-state index in [-0.39, 0.29) is 0 Å². The van der Waals surface area contributed by atoms with Gasteiger partial charge in [0.25, 0.3) is 0 Å². The van der Waals surface area contributed by atoms with Gasteiger partial charge in [-0.3, -0.25) is 4.90 Å². The summed E-state index contributed by atoms with van der Waals surface area (Å²) in [5.41, 5.74) is 4.07. The van der Waals surface area contributed by atoms with Crippen LogP contribution in [0.4, 0.5) is 5.69 Å². The Kier molecular flexibility index (Phi) is 2.41. The average molecular weight is 282 g/mol. The molecule has 1 aromatic carbocycles. The average Bonchev–Trinajstić information content (AvgIpc) is 3.08. The van der Waals surface area contributed by atoms with E-state index in [0.29, 0.717) is 16.9 Å². The summed E-state index contributed by atoms with van der Waals surface area (Å²) in [5.74, 6) is 0. The number of piperidine rings is 1. The van der Waals surface area contributed by atoms with Gasteiger partial charge in [-0.2, -0.15) is 0 Å². The SMILES string of the molecule is CC[C@]12CCCN3CC[C@@]4(c5ccccc5N[C@@H]4CC1)[C@@H]32. The van der Waals surface area contributed by atoms with E-state index < -0.39 is 0 Å². The van der Waals surface area contributed by atoms with Crippen molar-refractivity contribution < 1.29 is 0 Å². The second-order valence-corrected chi connectivity index (χ2v) is 7.83. The van der Waals surface area contributed by atoms with Gasteiger partial charge in [-0.1, -0.05) is 25.1 Å². The van der Waals surface area contributed by atoms with Crippen LogP contribution in [0.1, 0.15) is 51.0 Å². The predicted molar refractivity (Wildman–Crippen MR) is 86.7 cm³/mol. The lowest BCUT2D eigenvalue weighted by Crippen LogP contribution is -2.63. The highest BCUT2D eigenvalue weighted by molar-refractivity contribution is 5.64. The lowest BCUT2D eigenvalue weighted by molar-refractivity contribution is -0.0309. The molecule has 2 nitrogen and oxygen atoms in total. The predicted octanol–water partition coefficient (Wildman–Crippen LogP) is 3.78. The van der Waals surface area contributed by atoms with E-state index in [1.165, 1.54) is 57.3 Å². The Balaban J connectivity index is 1.72. The van der Waals surface area contributed by atoms with E-state index >= 15 is 0 Å². The Bertz CT molecular complexity index is 583. The molecular formula is C19H26N2. The van der Waals surface area contributed by atoms with Crippen LogP contribution in [0.2, 0.25) is 0 Å². The zero-order valence-electron chi connectivity index (χ0n) is 13.1. The third-order valence-corrected chi connectivity index (χ3v) is 7.38. The Morgan fingerprint density at radius 1 is 1.19 bits per heavy atom. The molecule has 112 valence electrons. The maximum absolute atomic E-state index is 3.90. The van der Waals surface area contributed by atoms with Gasteiger partial charge in [-0.05, 0) is 68.7 Å². The summed E-state index contributed by atoms with van der Waals surface area (Å²) in [6.07, 6.45) is 8.41. The van der Waals surface area contributed by atoms with E-state index in [4.69, 9.17) is 0 Å². The lowest BCUT2D eigenvalue weighted by atomic mass is 9.52. The first kappa shape index (κ1) is 12.5. The fourth-order valence-electron chi connectivity index (χ4n) is 6.60. The minimum atomic E-state index is 0.408. The molecular weight excluding hydrogens is 256 g/mol. The molecule has 3 heterocycles. The molecule has 1 saturated carbocycles. The molecule has 3 fully saturated rings. The van der Waals surface area contributed by atoms with Gasteiger partial charge < -0.3 is 5.32 Å². The largest absolute Gasteiger partial charge is 0.381 e. The highest BCUT2D eigenvalue weighted by Crippen LogP contribution is 2.63. The highest BCUT2D eigenvalue weighted by Gasteiger charge is 2.65. The molecule has 2 saturated heterocycles. The maximum Gasteiger partial charge on any atom is 0.0382 e. The topological polar surface area (TPSA) is 15.3 Å². The van der Waals surface area contributed by atoms with Gasteiger partial charge in [-0.15, -0.1) is 0 Å². The first-order chi connectivity index (χ1) is 10.3. The number of para-hydroxylation sites is 1. The van der Waals surface area contributed by atoms with Gasteiger partial charge in [0, 0.05) is 23.2 Å². The van der Waals surface area contributed by atoms with Gasteiger partial charge in [0.05, 0.1) is 0 Å². The van der Waals surface area contributed by atoms with Crippen LogP contribution < -0.4 is 5.32 Å². The number of fused-ring (bicyclic) bond motifs is 1. The summed E-state index contributed by atoms with van der Waals surface area (Å²) in [6, 6.07) is 10.7. The molecule has 1 spiro atoms. The number of hydrogen-bond acceptors (Lipinski definition) is 2. The van der Waals surface area contributed by atoms with Gasteiger partial charge in [0.15, 0.2) is 0 Å². The van der Waals surface area contributed by atoms with E-state index in [1.54, 1.807) is 5.56 Å². The minimum Gasteiger partial charge on any atom is -0.381 e. The van der Waals surface area contributed by atoms with Crippen molar-refractivity contribution in [2.75, 3.05) is 18.4 Å². The van der Waals surface area contributed by atoms with Crippen LogP contribution in [0, 0.1) is 5.41 Å². The summed E-state index contributed by atoms with van der Waals surface area (Å²) in [5, 5.41) is 3.90. The molecule has 4 atom stereocenters. The molecule has 1 aliphatic carbocycles. The third-order valence-electron chi connectivity index (χ3n) is 7.38. The van der Waals surface area contributed by atoms with Crippen molar-refractivity contribution in [3.63, 3.8) is 0 Å². The van der Waals surface area contributed by atoms with Crippen LogP contribution in [0.3, 0.4) is 0 Å². The smallest absolute Gasteiger partial charge is 0.0382 e. The molecule has 1 N–H and O–H groups in total. The molecule has 0 bridgehead atoms. The van der Waals surface area contributed by atoms with E-state index in [9.17, 15) is 0 Å². The van der Waals surface area contributed by atoms with Crippen LogP contribution >= 0.6 is 0 Å². The fourth-order valence-corrected chi connectivity index (χ4v) is 6.60. The molecule has 21 heavy (non-hydrogen) atoms. The van der Waals surface area contributed by atoms with E-state index in [0.717, 1.165) is 6.04 Å². The maximum atomic E-state index is 3.90. The Morgan fingerprint density at radius 2 is 2.10 bits per heavy atom. The zero-order valence-corrected chi connectivity index (χ0v) is 13.1. The van der Waals surface area contributed by atoms with Crippen molar-refractivity contribution >= 4 is 5.69 Å². The standard InChI is InChI=1S/C19H26N2/c1-2-18-9-5-12-21-13-11-19(17(18)21)14-6-3-4-7-15(14)20-16(19)8-10-18/h3-4,6-7,16-17,20H,2,5,8-13H2,1H3/t16-,17+,18+,19+/m1/s1. The van der Waals surface area contributed by atoms with E-state index in [1.807, 2.05) is 0 Å². The zero-order chi connectivity index (χ0) is 14.1. The fraction of sp³-hybridized carbons (Fsp3) is 0.684. The van der Waals surface area contributed by atoms with E-state index in [2.05, 4.69) is 41.4 Å². The first-order valence-electron chi connectivity index (χ1n) is 8.90. The van der Waals surface area contributed by atoms with Crippen molar-refractivity contribution in [1.82, 2.24) is 4.90 Å². The molecule has 4 aliphatic rings. The molecule has 1 aromatic rings. The molecule has 0 aromatic heterocycles. The third kappa shape index (κ3) is 1.34. The number of hydrogen-bond donors (Lipinski definition) is 1. The number of nitrogens with zero attached hydrogens (tertiary/aromatic N) is 1. The van der Waals surface area contributed by atoms with Gasteiger partial charge >= 0.3 is 0 Å². The van der Waals surface area contributed by atoms with Crippen molar-refractivity contribution in [2.45, 2.75) is 62.9 Å². The Morgan fingerprint density at radius 3 is 3.00 bits per heavy atom. The highest BCUT2D eigenvalue weighted by atomic mass is 15.2. The summed E-state index contributed by atoms with van der Waals surface area (Å²) in [7, 11) is 0. The molecule has 2 heteroatoms. The van der Waals surface area contributed by atoms with Crippen molar-refractivity contribution in [2.24, 2.45) is 5.41 Å². The van der Waals surface area contributed by atoms with Crippen LogP contribution in [0.5, 0.6) is 0 Å². The van der Waals surface area contributed by atoms with Gasteiger partial charge in [0.2, 0.25) is 0 Å². The quantitative estimate of drug-likeness (QED) is 0.843. The van der Waals surface area contributed by atoms with Crippen LogP contribution in [-0.4, -0.2) is 30.1 Å². The lowest BCUT2D eigenvalue weighted by Gasteiger charge is -2.58. The summed E-state index contributed by atoms with van der Waals surface area (Å²) in [6.45, 7) is 5.10. The molecule has 5 rings (SSSR count). The Hall–Kier alpha value is -1.02. The van der Waals surface area contributed by atoms with Crippen LogP contribution in [0.15, 0.2) is 24.3 Å². The number of rotatable bonds is 1. The molecule has 0 unspecified atom stereocenters. The summed E-state index contributed by atoms with van der Waals surface area (Å²) >= 11 is 0. The second kappa shape index (κ2) is 4.04. The van der Waals surface area contributed by atoms with Crippen molar-refractivity contribution in [3.05, 3.63) is 29.8 Å². The molecule has 3 aliphatic heterocycles. The monoisotopic (exact) mass is 282 g/mol. The molecule has 0 amide bonds. The number of nitrogens with one attached hydrogen (secondary N) is 1. The first-order valence-corrected chi connectivity index (χ1v) is 8.90. The van der Waals surface area contributed by atoms with Gasteiger partial charge in [0.1, 0.15) is 0 Å². The molecule has 0 radical (unpaired) electrons. The van der Waals surface area contributed by atoms with Crippen molar-refractivity contribution in [3.8, 4) is 0 Å². The summed E-state index contributed by atoms with van der Waals surface area (Å²) < 4.78 is 0. The van der Waals surface area contributed by atoms with Crippen LogP contribution in [0.25, 0.3) is 0 Å². The van der Waals surface area contributed by atoms with Gasteiger partial charge in [-0.25, -0.2) is 0 Å². The van der Waals surface area contributed by atoms with Crippen LogP contribution in [-0.2, 0) is 5.41 Å².